The number of hydrogen-bond donors (Lipinski definition) is 2. The Labute approximate surface area is 132 Å². The zero-order valence-electron chi connectivity index (χ0n) is 13.1. The van der Waals surface area contributed by atoms with Gasteiger partial charge in [0, 0.05) is 18.2 Å². The lowest BCUT2D eigenvalue weighted by molar-refractivity contribution is -0.120. The molecule has 120 valence electrons. The van der Waals surface area contributed by atoms with E-state index in [1.165, 1.54) is 12.8 Å². The van der Waals surface area contributed by atoms with Crippen molar-refractivity contribution in [3.8, 4) is 0 Å². The van der Waals surface area contributed by atoms with Crippen molar-refractivity contribution >= 4 is 11.6 Å². The van der Waals surface area contributed by atoms with E-state index in [1.807, 2.05) is 24.3 Å². The molecule has 4 heteroatoms. The summed E-state index contributed by atoms with van der Waals surface area (Å²) in [4.78, 5) is 12.4. The second-order valence-corrected chi connectivity index (χ2v) is 6.68. The molecular weight excluding hydrogens is 276 g/mol. The van der Waals surface area contributed by atoms with Crippen LogP contribution in [0.5, 0.6) is 0 Å². The van der Waals surface area contributed by atoms with Crippen LogP contribution in [0.15, 0.2) is 24.3 Å². The summed E-state index contributed by atoms with van der Waals surface area (Å²) in [5.41, 5.74) is 7.74. The number of amides is 1. The third-order valence-electron chi connectivity index (χ3n) is 4.81. The van der Waals surface area contributed by atoms with E-state index in [0.29, 0.717) is 19.1 Å². The van der Waals surface area contributed by atoms with Gasteiger partial charge in [0.2, 0.25) is 5.91 Å². The van der Waals surface area contributed by atoms with Crippen LogP contribution in [0.3, 0.4) is 0 Å². The average Bonchev–Trinajstić information content (AvgIpc) is 3.21. The van der Waals surface area contributed by atoms with Gasteiger partial charge in [-0.15, -0.1) is 0 Å². The SMILES string of the molecule is NC[C@H]1CCC[C@H]1C(=O)Nc1cccc(COCC2CC2)c1. The van der Waals surface area contributed by atoms with Gasteiger partial charge in [-0.1, -0.05) is 18.6 Å². The van der Waals surface area contributed by atoms with Crippen LogP contribution in [-0.4, -0.2) is 19.1 Å². The van der Waals surface area contributed by atoms with Crippen molar-refractivity contribution in [2.75, 3.05) is 18.5 Å². The van der Waals surface area contributed by atoms with Crippen LogP contribution in [0.25, 0.3) is 0 Å². The summed E-state index contributed by atoms with van der Waals surface area (Å²) >= 11 is 0. The van der Waals surface area contributed by atoms with Crippen LogP contribution < -0.4 is 11.1 Å². The Kier molecular flexibility index (Phi) is 5.11. The Balaban J connectivity index is 1.53. The largest absolute Gasteiger partial charge is 0.376 e. The zero-order chi connectivity index (χ0) is 15.4. The molecule has 2 saturated carbocycles. The van der Waals surface area contributed by atoms with Crippen LogP contribution in [-0.2, 0) is 16.1 Å². The van der Waals surface area contributed by atoms with E-state index >= 15 is 0 Å². The number of carbonyl (C=O) groups excluding carboxylic acids is 1. The van der Waals surface area contributed by atoms with Gasteiger partial charge in [-0.2, -0.15) is 0 Å². The van der Waals surface area contributed by atoms with Gasteiger partial charge in [0.15, 0.2) is 0 Å². The first kappa shape index (κ1) is 15.5. The number of ether oxygens (including phenoxy) is 1. The van der Waals surface area contributed by atoms with Gasteiger partial charge < -0.3 is 15.8 Å². The molecule has 0 aromatic heterocycles. The van der Waals surface area contributed by atoms with Gasteiger partial charge in [0.1, 0.15) is 0 Å². The molecule has 1 aromatic carbocycles. The fourth-order valence-corrected chi connectivity index (χ4v) is 3.27. The van der Waals surface area contributed by atoms with Crippen LogP contribution in [0.2, 0.25) is 0 Å². The van der Waals surface area contributed by atoms with Gasteiger partial charge in [0.25, 0.3) is 0 Å². The van der Waals surface area contributed by atoms with Crippen LogP contribution >= 0.6 is 0 Å². The molecule has 4 nitrogen and oxygen atoms in total. The van der Waals surface area contributed by atoms with E-state index in [0.717, 1.165) is 43.0 Å². The topological polar surface area (TPSA) is 64.4 Å². The van der Waals surface area contributed by atoms with Gasteiger partial charge in [0.05, 0.1) is 6.61 Å². The summed E-state index contributed by atoms with van der Waals surface area (Å²) < 4.78 is 5.71. The molecule has 0 bridgehead atoms. The van der Waals surface area contributed by atoms with Gasteiger partial charge in [-0.3, -0.25) is 4.79 Å². The predicted molar refractivity (Wildman–Crippen MR) is 87.3 cm³/mol. The molecule has 2 aliphatic carbocycles. The average molecular weight is 302 g/mol. The normalized spacial score (nSPS) is 24.4. The number of hydrogen-bond acceptors (Lipinski definition) is 3. The summed E-state index contributed by atoms with van der Waals surface area (Å²) in [5.74, 6) is 1.30. The lowest BCUT2D eigenvalue weighted by Crippen LogP contribution is -2.29. The molecule has 1 aromatic rings. The maximum absolute atomic E-state index is 12.4. The number of carbonyl (C=O) groups is 1. The molecule has 2 fully saturated rings. The highest BCUT2D eigenvalue weighted by Gasteiger charge is 2.31. The Morgan fingerprint density at radius 2 is 2.14 bits per heavy atom. The smallest absolute Gasteiger partial charge is 0.227 e. The maximum Gasteiger partial charge on any atom is 0.227 e. The first-order valence-corrected chi connectivity index (χ1v) is 8.44. The van der Waals surface area contributed by atoms with E-state index < -0.39 is 0 Å². The molecule has 1 amide bonds. The molecule has 0 aliphatic heterocycles. The minimum atomic E-state index is 0.0692. The summed E-state index contributed by atoms with van der Waals surface area (Å²) in [5, 5.41) is 3.05. The molecule has 0 saturated heterocycles. The van der Waals surface area contributed by atoms with Crippen molar-refractivity contribution in [3.63, 3.8) is 0 Å². The first-order chi connectivity index (χ1) is 10.8. The second kappa shape index (κ2) is 7.25. The van der Waals surface area contributed by atoms with Crippen molar-refractivity contribution in [2.45, 2.75) is 38.7 Å². The number of nitrogens with two attached hydrogens (primary N) is 1. The number of rotatable bonds is 7. The van der Waals surface area contributed by atoms with Crippen LogP contribution in [0.4, 0.5) is 5.69 Å². The molecule has 3 N–H and O–H groups in total. The molecule has 2 aliphatic rings. The molecule has 0 heterocycles. The van der Waals surface area contributed by atoms with Gasteiger partial charge >= 0.3 is 0 Å². The summed E-state index contributed by atoms with van der Waals surface area (Å²) in [6, 6.07) is 7.97. The van der Waals surface area contributed by atoms with Gasteiger partial charge in [-0.05, 0) is 61.8 Å². The van der Waals surface area contributed by atoms with Crippen molar-refractivity contribution < 1.29 is 9.53 Å². The predicted octanol–water partition coefficient (Wildman–Crippen LogP) is 2.93. The number of nitrogens with one attached hydrogen (secondary N) is 1. The van der Waals surface area contributed by atoms with Crippen molar-refractivity contribution in [2.24, 2.45) is 23.5 Å². The van der Waals surface area contributed by atoms with Gasteiger partial charge in [-0.25, -0.2) is 0 Å². The third kappa shape index (κ3) is 4.08. The Hall–Kier alpha value is -1.39. The summed E-state index contributed by atoms with van der Waals surface area (Å²) in [6.45, 7) is 2.08. The molecule has 0 radical (unpaired) electrons. The lowest BCUT2D eigenvalue weighted by Gasteiger charge is -2.17. The standard InChI is InChI=1S/C18H26N2O2/c19-10-15-4-2-6-17(15)18(21)20-16-5-1-3-14(9-16)12-22-11-13-7-8-13/h1,3,5,9,13,15,17H,2,4,6-8,10-12,19H2,(H,20,21)/t15-,17-/m1/s1. The lowest BCUT2D eigenvalue weighted by atomic mass is 9.95. The highest BCUT2D eigenvalue weighted by molar-refractivity contribution is 5.93. The fourth-order valence-electron chi connectivity index (χ4n) is 3.27. The van der Waals surface area contributed by atoms with Crippen molar-refractivity contribution in [1.29, 1.82) is 0 Å². The minimum absolute atomic E-state index is 0.0692. The molecular formula is C18H26N2O2. The zero-order valence-corrected chi connectivity index (χ0v) is 13.1. The third-order valence-corrected chi connectivity index (χ3v) is 4.81. The van der Waals surface area contributed by atoms with Crippen LogP contribution in [0, 0.1) is 17.8 Å². The maximum atomic E-state index is 12.4. The second-order valence-electron chi connectivity index (χ2n) is 6.68. The Bertz CT molecular complexity index is 514. The van der Waals surface area contributed by atoms with E-state index in [-0.39, 0.29) is 11.8 Å². The van der Waals surface area contributed by atoms with Crippen LogP contribution in [0.1, 0.15) is 37.7 Å². The Morgan fingerprint density at radius 1 is 1.27 bits per heavy atom. The molecule has 0 spiro atoms. The monoisotopic (exact) mass is 302 g/mol. The highest BCUT2D eigenvalue weighted by Crippen LogP contribution is 2.32. The van der Waals surface area contributed by atoms with E-state index in [2.05, 4.69) is 5.32 Å². The molecule has 2 atom stereocenters. The Morgan fingerprint density at radius 3 is 2.91 bits per heavy atom. The quantitative estimate of drug-likeness (QED) is 0.814. The fraction of sp³-hybridized carbons (Fsp3) is 0.611. The molecule has 22 heavy (non-hydrogen) atoms. The number of benzene rings is 1. The number of anilines is 1. The van der Waals surface area contributed by atoms with Crippen molar-refractivity contribution in [3.05, 3.63) is 29.8 Å². The molecule has 0 unspecified atom stereocenters. The summed E-state index contributed by atoms with van der Waals surface area (Å²) in [6.07, 6.45) is 5.75. The van der Waals surface area contributed by atoms with Crippen molar-refractivity contribution in [1.82, 2.24) is 0 Å². The highest BCUT2D eigenvalue weighted by atomic mass is 16.5. The van der Waals surface area contributed by atoms with E-state index in [1.54, 1.807) is 0 Å². The molecule has 3 rings (SSSR count). The summed E-state index contributed by atoms with van der Waals surface area (Å²) in [7, 11) is 0. The van der Waals surface area contributed by atoms with E-state index in [9.17, 15) is 4.79 Å². The van der Waals surface area contributed by atoms with E-state index in [4.69, 9.17) is 10.5 Å². The minimum Gasteiger partial charge on any atom is -0.376 e. The first-order valence-electron chi connectivity index (χ1n) is 8.44.